The van der Waals surface area contributed by atoms with E-state index in [1.165, 1.54) is 29.4 Å². The number of benzene rings is 1. The van der Waals surface area contributed by atoms with E-state index in [0.29, 0.717) is 0 Å². The molecule has 0 aromatic heterocycles. The highest BCUT2D eigenvalue weighted by Crippen LogP contribution is 2.08. The second-order valence-electron chi connectivity index (χ2n) is 4.89. The van der Waals surface area contributed by atoms with Gasteiger partial charge >= 0.3 is 9.28 Å². The summed E-state index contributed by atoms with van der Waals surface area (Å²) in [5.74, 6) is 0. The van der Waals surface area contributed by atoms with E-state index in [0.717, 1.165) is 0 Å². The first-order chi connectivity index (χ1) is 9.24. The summed E-state index contributed by atoms with van der Waals surface area (Å²) in [6.07, 6.45) is 0. The van der Waals surface area contributed by atoms with Crippen molar-refractivity contribution in [3.8, 4) is 0 Å². The Morgan fingerprint density at radius 1 is 0.737 bits per heavy atom. The van der Waals surface area contributed by atoms with Gasteiger partial charge in [0.15, 0.2) is 18.1 Å². The zero-order valence-electron chi connectivity index (χ0n) is 12.8. The zero-order chi connectivity index (χ0) is 14.1. The largest absolute Gasteiger partial charge is 0.438 e. The van der Waals surface area contributed by atoms with Crippen molar-refractivity contribution in [2.24, 2.45) is 0 Å². The van der Waals surface area contributed by atoms with Gasteiger partial charge in [0.1, 0.15) is 0 Å². The highest BCUT2D eigenvalue weighted by atomic mass is 28.4. The fourth-order valence-electron chi connectivity index (χ4n) is 2.11. The van der Waals surface area contributed by atoms with Crippen molar-refractivity contribution in [3.63, 3.8) is 0 Å². The third-order valence-corrected chi connectivity index (χ3v) is 13.2. The third kappa shape index (κ3) is 5.74. The van der Waals surface area contributed by atoms with Crippen LogP contribution in [0.3, 0.4) is 0 Å². The normalized spacial score (nSPS) is 11.7. The van der Waals surface area contributed by atoms with E-state index in [1.54, 1.807) is 0 Å². The van der Waals surface area contributed by atoms with Crippen molar-refractivity contribution in [2.45, 2.75) is 51.9 Å². The van der Waals surface area contributed by atoms with Crippen LogP contribution in [0.2, 0.25) is 24.2 Å². The van der Waals surface area contributed by atoms with Gasteiger partial charge in [-0.25, -0.2) is 0 Å². The summed E-state index contributed by atoms with van der Waals surface area (Å²) in [7, 11) is -3.74. The van der Waals surface area contributed by atoms with Crippen molar-refractivity contribution >= 4 is 32.6 Å². The van der Waals surface area contributed by atoms with Crippen molar-refractivity contribution < 1.29 is 8.23 Å². The van der Waals surface area contributed by atoms with Crippen molar-refractivity contribution in [1.29, 1.82) is 0 Å². The lowest BCUT2D eigenvalue weighted by atomic mass is 10.4. The first-order valence-corrected chi connectivity index (χ1v) is 13.3. The van der Waals surface area contributed by atoms with Crippen LogP contribution in [0.4, 0.5) is 0 Å². The van der Waals surface area contributed by atoms with Gasteiger partial charge < -0.3 is 8.23 Å². The molecule has 2 nitrogen and oxygen atoms in total. The summed E-state index contributed by atoms with van der Waals surface area (Å²) in [5.41, 5.74) is 0. The van der Waals surface area contributed by atoms with Crippen LogP contribution in [0, 0.1) is 0 Å². The molecule has 0 spiro atoms. The van der Waals surface area contributed by atoms with E-state index in [2.05, 4.69) is 58.0 Å². The minimum Gasteiger partial charge on any atom is -0.438 e. The molecule has 19 heavy (non-hydrogen) atoms. The monoisotopic (exact) mass is 312 g/mol. The summed E-state index contributed by atoms with van der Waals surface area (Å²) < 4.78 is 12.9. The maximum atomic E-state index is 6.46. The highest BCUT2D eigenvalue weighted by Gasteiger charge is 2.23. The molecule has 0 saturated carbocycles. The molecule has 0 aliphatic carbocycles. The molecule has 108 valence electrons. The van der Waals surface area contributed by atoms with Gasteiger partial charge in [0, 0.05) is 0 Å². The van der Waals surface area contributed by atoms with Gasteiger partial charge in [-0.2, -0.15) is 0 Å². The molecule has 0 saturated heterocycles. The third-order valence-electron chi connectivity index (χ3n) is 3.53. The van der Waals surface area contributed by atoms with Crippen molar-refractivity contribution in [1.82, 2.24) is 0 Å². The van der Waals surface area contributed by atoms with Gasteiger partial charge in [-0.15, -0.1) is 0 Å². The van der Waals surface area contributed by atoms with Gasteiger partial charge in [-0.3, -0.25) is 0 Å². The maximum Gasteiger partial charge on any atom is 0.334 e. The highest BCUT2D eigenvalue weighted by molar-refractivity contribution is 6.76. The Bertz CT molecular complexity index is 313. The van der Waals surface area contributed by atoms with E-state index < -0.39 is 27.4 Å². The first-order valence-electron chi connectivity index (χ1n) is 7.60. The molecule has 0 N–H and O–H groups in total. The van der Waals surface area contributed by atoms with Gasteiger partial charge in [0.2, 0.25) is 0 Å². The molecule has 0 radical (unpaired) electrons. The molecule has 0 fully saturated rings. The number of rotatable bonds is 9. The summed E-state index contributed by atoms with van der Waals surface area (Å²) in [4.78, 5) is 0. The standard InChI is InChI=1S/C14H28O2Si3/c1-5-17(6-2)15-19(16-18(7-3)8-4)14-12-10-9-11-13-14/h9-13,17-19H,5-8H2,1-4H3. The summed E-state index contributed by atoms with van der Waals surface area (Å²) in [6.45, 7) is 9.02. The second-order valence-corrected chi connectivity index (χ2v) is 14.2. The minimum absolute atomic E-state index is 1.04. The molecule has 1 aromatic carbocycles. The van der Waals surface area contributed by atoms with Crippen LogP contribution in [-0.2, 0) is 8.23 Å². The summed E-state index contributed by atoms with van der Waals surface area (Å²) in [6, 6.07) is 15.5. The molecular formula is C14H28O2Si3. The summed E-state index contributed by atoms with van der Waals surface area (Å²) in [5, 5.41) is 1.32. The molecule has 0 unspecified atom stereocenters. The lowest BCUT2D eigenvalue weighted by Crippen LogP contribution is -2.44. The lowest BCUT2D eigenvalue weighted by Gasteiger charge is -2.26. The molecule has 0 bridgehead atoms. The zero-order valence-corrected chi connectivity index (χ0v) is 16.2. The van der Waals surface area contributed by atoms with Crippen molar-refractivity contribution in [2.75, 3.05) is 0 Å². The van der Waals surface area contributed by atoms with Crippen LogP contribution in [0.1, 0.15) is 27.7 Å². The number of hydrogen-bond donors (Lipinski definition) is 0. The average Bonchev–Trinajstić information content (AvgIpc) is 2.48. The van der Waals surface area contributed by atoms with Crippen LogP contribution >= 0.6 is 0 Å². The lowest BCUT2D eigenvalue weighted by molar-refractivity contribution is 0.446. The van der Waals surface area contributed by atoms with Gasteiger partial charge in [-0.05, 0) is 29.4 Å². The van der Waals surface area contributed by atoms with E-state index >= 15 is 0 Å². The molecule has 0 heterocycles. The van der Waals surface area contributed by atoms with E-state index in [9.17, 15) is 0 Å². The Balaban J connectivity index is 2.78. The quantitative estimate of drug-likeness (QED) is 0.653. The molecular weight excluding hydrogens is 284 g/mol. The van der Waals surface area contributed by atoms with Crippen molar-refractivity contribution in [3.05, 3.63) is 30.3 Å². The fraction of sp³-hybridized carbons (Fsp3) is 0.571. The average molecular weight is 313 g/mol. The van der Waals surface area contributed by atoms with Gasteiger partial charge in [-0.1, -0.05) is 58.0 Å². The number of hydrogen-bond acceptors (Lipinski definition) is 2. The first kappa shape index (κ1) is 16.8. The predicted octanol–water partition coefficient (Wildman–Crippen LogP) is 2.67. The topological polar surface area (TPSA) is 18.5 Å². The predicted molar refractivity (Wildman–Crippen MR) is 91.6 cm³/mol. The second kappa shape index (κ2) is 9.66. The smallest absolute Gasteiger partial charge is 0.334 e. The Morgan fingerprint density at radius 2 is 1.16 bits per heavy atom. The Labute approximate surface area is 123 Å². The van der Waals surface area contributed by atoms with Crippen LogP contribution < -0.4 is 5.19 Å². The van der Waals surface area contributed by atoms with Crippen LogP contribution in [0.5, 0.6) is 0 Å². The van der Waals surface area contributed by atoms with E-state index in [4.69, 9.17) is 8.23 Å². The molecule has 1 aromatic rings. The molecule has 1 rings (SSSR count). The fourth-order valence-corrected chi connectivity index (χ4v) is 11.8. The van der Waals surface area contributed by atoms with Crippen LogP contribution in [-0.4, -0.2) is 27.4 Å². The van der Waals surface area contributed by atoms with Gasteiger partial charge in [0.05, 0.1) is 0 Å². The van der Waals surface area contributed by atoms with Crippen LogP contribution in [0.15, 0.2) is 30.3 Å². The minimum atomic E-state index is -1.65. The molecule has 0 atom stereocenters. The molecule has 0 aliphatic rings. The SMILES string of the molecule is CC[SiH](CC)O[SiH](O[SiH](CC)CC)c1ccccc1. The molecule has 5 heteroatoms. The Hall–Kier alpha value is -0.209. The van der Waals surface area contributed by atoms with E-state index in [-0.39, 0.29) is 0 Å². The Morgan fingerprint density at radius 3 is 1.53 bits per heavy atom. The molecule has 0 amide bonds. The van der Waals surface area contributed by atoms with Gasteiger partial charge in [0.25, 0.3) is 0 Å². The summed E-state index contributed by atoms with van der Waals surface area (Å²) >= 11 is 0. The molecule has 0 aliphatic heterocycles. The maximum absolute atomic E-state index is 6.46. The Kier molecular flexibility index (Phi) is 8.56. The van der Waals surface area contributed by atoms with E-state index in [1.807, 2.05) is 0 Å². The van der Waals surface area contributed by atoms with Crippen LogP contribution in [0.25, 0.3) is 0 Å².